The molecule has 2 aliphatic rings. The van der Waals surface area contributed by atoms with Gasteiger partial charge in [0.05, 0.1) is 11.3 Å². The Morgan fingerprint density at radius 1 is 1.15 bits per heavy atom. The van der Waals surface area contributed by atoms with Gasteiger partial charge < -0.3 is 19.9 Å². The zero-order valence-corrected chi connectivity index (χ0v) is 24.5. The maximum Gasteiger partial charge on any atom is 0.253 e. The van der Waals surface area contributed by atoms with Gasteiger partial charge in [-0.25, -0.2) is 4.98 Å². The number of piperidine rings is 1. The van der Waals surface area contributed by atoms with Crippen LogP contribution in [-0.4, -0.2) is 76.5 Å². The van der Waals surface area contributed by atoms with Crippen LogP contribution in [0.4, 0.5) is 0 Å². The quantitative estimate of drug-likeness (QED) is 0.459. The molecule has 1 N–H and O–H groups in total. The number of amides is 2. The van der Waals surface area contributed by atoms with Crippen LogP contribution in [0.15, 0.2) is 24.5 Å². The molecule has 2 amide bonds. The van der Waals surface area contributed by atoms with E-state index >= 15 is 0 Å². The fourth-order valence-corrected chi connectivity index (χ4v) is 6.13. The number of nitrogens with zero attached hydrogens (tertiary/aromatic N) is 4. The van der Waals surface area contributed by atoms with E-state index in [0.29, 0.717) is 48.8 Å². The molecule has 2 aromatic rings. The number of carbonyl (C=O) groups excluding carboxylic acids is 2. The molecule has 0 aromatic carbocycles. The Bertz CT molecular complexity index is 1120. The largest absolute Gasteiger partial charge is 0.381 e. The van der Waals surface area contributed by atoms with Crippen LogP contribution in [0.1, 0.15) is 71.8 Å². The number of pyridine rings is 2. The summed E-state index contributed by atoms with van der Waals surface area (Å²) < 4.78 is 5.52. The van der Waals surface area contributed by atoms with E-state index in [1.54, 1.807) is 12.3 Å². The molecule has 212 valence electrons. The van der Waals surface area contributed by atoms with Crippen molar-refractivity contribution in [2.75, 3.05) is 32.8 Å². The smallest absolute Gasteiger partial charge is 0.253 e. The number of aryl methyl sites for hydroxylation is 3. The summed E-state index contributed by atoms with van der Waals surface area (Å²) in [7, 11) is 0. The number of likely N-dealkylation sites (tertiary alicyclic amines) is 1. The number of hydrogen-bond donors (Lipinski definition) is 1. The molecule has 0 saturated carbocycles. The van der Waals surface area contributed by atoms with Gasteiger partial charge in [-0.2, -0.15) is 0 Å². The third-order valence-electron chi connectivity index (χ3n) is 8.35. The summed E-state index contributed by atoms with van der Waals surface area (Å²) in [6, 6.07) is 4.28. The van der Waals surface area contributed by atoms with Gasteiger partial charge in [-0.1, -0.05) is 11.6 Å². The first-order valence-corrected chi connectivity index (χ1v) is 14.6. The predicted octanol–water partition coefficient (Wildman–Crippen LogP) is 4.48. The first kappa shape index (κ1) is 29.4. The summed E-state index contributed by atoms with van der Waals surface area (Å²) in [6.45, 7) is 12.4. The second kappa shape index (κ2) is 13.7. The van der Waals surface area contributed by atoms with E-state index in [1.165, 1.54) is 5.56 Å². The number of halogens is 1. The lowest BCUT2D eigenvalue weighted by atomic mass is 9.94. The summed E-state index contributed by atoms with van der Waals surface area (Å²) in [5.74, 6) is 0.200. The van der Waals surface area contributed by atoms with Crippen molar-refractivity contribution in [2.45, 2.75) is 78.4 Å². The molecular weight excluding hydrogens is 514 g/mol. The maximum atomic E-state index is 13.7. The highest BCUT2D eigenvalue weighted by Gasteiger charge is 2.34. The summed E-state index contributed by atoms with van der Waals surface area (Å²) in [4.78, 5) is 39.6. The van der Waals surface area contributed by atoms with Crippen molar-refractivity contribution in [3.05, 3.63) is 57.6 Å². The molecule has 8 nitrogen and oxygen atoms in total. The van der Waals surface area contributed by atoms with Crippen molar-refractivity contribution in [3.63, 3.8) is 0 Å². The van der Waals surface area contributed by atoms with Crippen LogP contribution in [0.25, 0.3) is 0 Å². The molecule has 2 saturated heterocycles. The van der Waals surface area contributed by atoms with E-state index in [9.17, 15) is 9.59 Å². The number of aromatic nitrogens is 2. The number of hydrogen-bond acceptors (Lipinski definition) is 6. The van der Waals surface area contributed by atoms with E-state index in [-0.39, 0.29) is 23.8 Å². The van der Waals surface area contributed by atoms with Crippen LogP contribution in [0.2, 0.25) is 5.15 Å². The van der Waals surface area contributed by atoms with Gasteiger partial charge >= 0.3 is 0 Å². The Balaban J connectivity index is 1.32. The number of carbonyl (C=O) groups is 2. The van der Waals surface area contributed by atoms with E-state index in [2.05, 4.69) is 38.9 Å². The first-order valence-electron chi connectivity index (χ1n) is 14.2. The Morgan fingerprint density at radius 3 is 2.54 bits per heavy atom. The van der Waals surface area contributed by atoms with Crippen molar-refractivity contribution >= 4 is 23.4 Å². The van der Waals surface area contributed by atoms with Crippen LogP contribution in [0.3, 0.4) is 0 Å². The molecule has 0 aliphatic carbocycles. The summed E-state index contributed by atoms with van der Waals surface area (Å²) in [6.07, 6.45) is 8.05. The molecule has 0 spiro atoms. The molecule has 2 aliphatic heterocycles. The zero-order chi connectivity index (χ0) is 27.9. The molecule has 0 bridgehead atoms. The monoisotopic (exact) mass is 555 g/mol. The molecule has 0 radical (unpaired) electrons. The standard InChI is InChI=1S/C30H42ClN5O3/c1-20-5-11-32-18-25(20)19-36(30(38)24-9-15-39-16-10-24)26-7-13-35(14-8-26)22(3)6-12-33-29(37)28-21(2)17-27(31)34-23(28)4/h5,11,17-18,22,24,26H,6-10,12-16,19H2,1-4H3,(H,33,37)/t22-/m1/s1. The second-order valence-corrected chi connectivity index (χ2v) is 11.4. The lowest BCUT2D eigenvalue weighted by Gasteiger charge is -2.42. The highest BCUT2D eigenvalue weighted by molar-refractivity contribution is 6.29. The van der Waals surface area contributed by atoms with Crippen molar-refractivity contribution in [2.24, 2.45) is 5.92 Å². The van der Waals surface area contributed by atoms with Gasteiger partial charge in [0.2, 0.25) is 5.91 Å². The Morgan fingerprint density at radius 2 is 1.87 bits per heavy atom. The lowest BCUT2D eigenvalue weighted by molar-refractivity contribution is -0.143. The fraction of sp³-hybridized carbons (Fsp3) is 0.600. The first-order chi connectivity index (χ1) is 18.7. The zero-order valence-electron chi connectivity index (χ0n) is 23.7. The van der Waals surface area contributed by atoms with Gasteiger partial charge in [0.15, 0.2) is 0 Å². The summed E-state index contributed by atoms with van der Waals surface area (Å²) in [5, 5.41) is 3.47. The van der Waals surface area contributed by atoms with Crippen molar-refractivity contribution in [1.82, 2.24) is 25.1 Å². The van der Waals surface area contributed by atoms with Crippen LogP contribution in [0.5, 0.6) is 0 Å². The number of rotatable bonds is 9. The summed E-state index contributed by atoms with van der Waals surface area (Å²) >= 11 is 6.01. The van der Waals surface area contributed by atoms with Crippen molar-refractivity contribution in [1.29, 1.82) is 0 Å². The highest BCUT2D eigenvalue weighted by Crippen LogP contribution is 2.27. The number of nitrogens with one attached hydrogen (secondary N) is 1. The minimum Gasteiger partial charge on any atom is -0.381 e. The normalized spacial score (nSPS) is 18.1. The predicted molar refractivity (Wildman–Crippen MR) is 153 cm³/mol. The topological polar surface area (TPSA) is 87.7 Å². The van der Waals surface area contributed by atoms with E-state index < -0.39 is 0 Å². The molecule has 1 atom stereocenters. The minimum atomic E-state index is -0.104. The van der Waals surface area contributed by atoms with E-state index in [4.69, 9.17) is 16.3 Å². The molecule has 39 heavy (non-hydrogen) atoms. The average molecular weight is 556 g/mol. The maximum absolute atomic E-state index is 13.7. The SMILES string of the molecule is Cc1ccncc1CN(C(=O)C1CCOCC1)C1CCN([C@H](C)CCNC(=O)c2c(C)cc(Cl)nc2C)CC1. The Hall–Kier alpha value is -2.55. The molecular formula is C30H42ClN5O3. The Kier molecular flexibility index (Phi) is 10.3. The number of ether oxygens (including phenoxy) is 1. The Labute approximate surface area is 237 Å². The molecule has 4 heterocycles. The second-order valence-electron chi connectivity index (χ2n) is 11.0. The molecule has 0 unspecified atom stereocenters. The van der Waals surface area contributed by atoms with Crippen LogP contribution in [-0.2, 0) is 16.1 Å². The van der Waals surface area contributed by atoms with Gasteiger partial charge in [0.1, 0.15) is 5.15 Å². The van der Waals surface area contributed by atoms with Gasteiger partial charge in [-0.15, -0.1) is 0 Å². The van der Waals surface area contributed by atoms with E-state index in [1.807, 2.05) is 26.1 Å². The van der Waals surface area contributed by atoms with Gasteiger partial charge in [-0.3, -0.25) is 14.6 Å². The molecule has 9 heteroatoms. The van der Waals surface area contributed by atoms with Gasteiger partial charge in [0, 0.05) is 69.8 Å². The highest BCUT2D eigenvalue weighted by atomic mass is 35.5. The van der Waals surface area contributed by atoms with Crippen LogP contribution in [0, 0.1) is 26.7 Å². The van der Waals surface area contributed by atoms with Gasteiger partial charge in [-0.05, 0) is 88.6 Å². The van der Waals surface area contributed by atoms with Gasteiger partial charge in [0.25, 0.3) is 5.91 Å². The summed E-state index contributed by atoms with van der Waals surface area (Å²) in [5.41, 5.74) is 4.37. The fourth-order valence-electron chi connectivity index (χ4n) is 5.84. The average Bonchev–Trinajstić information content (AvgIpc) is 2.92. The van der Waals surface area contributed by atoms with Crippen LogP contribution >= 0.6 is 11.6 Å². The van der Waals surface area contributed by atoms with E-state index in [0.717, 1.165) is 56.3 Å². The molecule has 2 aromatic heterocycles. The molecule has 2 fully saturated rings. The minimum absolute atomic E-state index is 0.0411. The van der Waals surface area contributed by atoms with Crippen LogP contribution < -0.4 is 5.32 Å². The van der Waals surface area contributed by atoms with Crippen molar-refractivity contribution in [3.8, 4) is 0 Å². The lowest BCUT2D eigenvalue weighted by Crippen LogP contribution is -2.51. The third kappa shape index (κ3) is 7.56. The third-order valence-corrected chi connectivity index (χ3v) is 8.54. The molecule has 4 rings (SSSR count). The van der Waals surface area contributed by atoms with Crippen molar-refractivity contribution < 1.29 is 14.3 Å².